The summed E-state index contributed by atoms with van der Waals surface area (Å²) in [6.07, 6.45) is 2.24. The van der Waals surface area contributed by atoms with Gasteiger partial charge in [-0.25, -0.2) is 0 Å². The van der Waals surface area contributed by atoms with Gasteiger partial charge in [0.15, 0.2) is 0 Å². The van der Waals surface area contributed by atoms with E-state index in [0.29, 0.717) is 23.7 Å². The van der Waals surface area contributed by atoms with Crippen molar-refractivity contribution >= 4 is 21.5 Å². The van der Waals surface area contributed by atoms with Gasteiger partial charge >= 0.3 is 25.8 Å². The zero-order chi connectivity index (χ0) is 31.9. The van der Waals surface area contributed by atoms with E-state index in [-0.39, 0.29) is 46.1 Å². The third kappa shape index (κ3) is 7.73. The smallest absolute Gasteiger partial charge is 0.358 e. The van der Waals surface area contributed by atoms with Crippen LogP contribution in [-0.4, -0.2) is 0 Å². The zero-order valence-electron chi connectivity index (χ0n) is 31.1. The third-order valence-electron chi connectivity index (χ3n) is 9.85. The van der Waals surface area contributed by atoms with Crippen LogP contribution >= 0.6 is 0 Å². The summed E-state index contributed by atoms with van der Waals surface area (Å²) in [6.45, 7) is 18.7. The first kappa shape index (κ1) is 39.4. The van der Waals surface area contributed by atoms with Gasteiger partial charge in [-0.2, -0.15) is 12.1 Å². The minimum absolute atomic E-state index is 0. The van der Waals surface area contributed by atoms with E-state index in [1.54, 1.807) is 0 Å². The molecule has 0 fully saturated rings. The van der Waals surface area contributed by atoms with Crippen molar-refractivity contribution in [2.45, 2.75) is 85.5 Å². The van der Waals surface area contributed by atoms with Crippen LogP contribution in [-0.2, 0) is 31.3 Å². The SMILES string of the molecule is CC(C)CC(CC(C)C)(c1cc2c(-c3cccc(C(C)C)c3)cccc2[cH-]1)c1cc2c(-c3cccc(C(C)C)c3)cccc2[cH-]1.[CH3-].[CH3-].[Hf+4]. The topological polar surface area (TPSA) is 0 Å². The Morgan fingerprint density at radius 3 is 1.23 bits per heavy atom. The molecule has 0 N–H and O–H groups in total. The molecule has 0 radical (unpaired) electrons. The molecule has 6 aromatic rings. The van der Waals surface area contributed by atoms with Crippen LogP contribution in [0, 0.1) is 26.7 Å². The van der Waals surface area contributed by atoms with Gasteiger partial charge in [-0.05, 0) is 64.2 Å². The Morgan fingerprint density at radius 1 is 0.500 bits per heavy atom. The molecule has 6 rings (SSSR count). The predicted octanol–water partition coefficient (Wildman–Crippen LogP) is 14.3. The number of rotatable bonds is 10. The van der Waals surface area contributed by atoms with E-state index in [9.17, 15) is 0 Å². The molecule has 6 aromatic carbocycles. The van der Waals surface area contributed by atoms with Crippen molar-refractivity contribution < 1.29 is 25.8 Å². The molecule has 0 aliphatic rings. The molecule has 0 saturated heterocycles. The van der Waals surface area contributed by atoms with Crippen LogP contribution < -0.4 is 0 Å². The van der Waals surface area contributed by atoms with E-state index in [4.69, 9.17) is 0 Å². The summed E-state index contributed by atoms with van der Waals surface area (Å²) >= 11 is 0. The van der Waals surface area contributed by atoms with Crippen molar-refractivity contribution in [3.8, 4) is 22.3 Å². The Kier molecular flexibility index (Phi) is 13.2. The second-order valence-electron chi connectivity index (χ2n) is 14.9. The van der Waals surface area contributed by atoms with Gasteiger partial charge in [0.25, 0.3) is 0 Å². The molecular formula is C47H56Hf. The summed E-state index contributed by atoms with van der Waals surface area (Å²) in [7, 11) is 0. The third-order valence-corrected chi connectivity index (χ3v) is 9.85. The second kappa shape index (κ2) is 16.1. The van der Waals surface area contributed by atoms with E-state index < -0.39 is 0 Å². The summed E-state index contributed by atoms with van der Waals surface area (Å²) in [4.78, 5) is 0. The average Bonchev–Trinajstić information content (AvgIpc) is 3.66. The summed E-state index contributed by atoms with van der Waals surface area (Å²) in [5.74, 6) is 2.13. The minimum atomic E-state index is -0.0749. The van der Waals surface area contributed by atoms with Crippen LogP contribution in [0.3, 0.4) is 0 Å². The first-order chi connectivity index (χ1) is 21.6. The summed E-state index contributed by atoms with van der Waals surface area (Å²) in [6, 6.07) is 42.1. The molecule has 0 nitrogen and oxygen atoms in total. The Morgan fingerprint density at radius 2 is 0.875 bits per heavy atom. The van der Waals surface area contributed by atoms with Crippen molar-refractivity contribution in [3.63, 3.8) is 0 Å². The normalized spacial score (nSPS) is 11.8. The van der Waals surface area contributed by atoms with Gasteiger partial charge in [0.05, 0.1) is 0 Å². The van der Waals surface area contributed by atoms with Gasteiger partial charge in [0.1, 0.15) is 0 Å². The number of hydrogen-bond donors (Lipinski definition) is 0. The maximum absolute atomic E-state index is 2.54. The van der Waals surface area contributed by atoms with Crippen molar-refractivity contribution in [1.29, 1.82) is 0 Å². The quantitative estimate of drug-likeness (QED) is 0.0956. The van der Waals surface area contributed by atoms with Gasteiger partial charge in [0, 0.05) is 0 Å². The van der Waals surface area contributed by atoms with Crippen molar-refractivity contribution in [2.75, 3.05) is 0 Å². The van der Waals surface area contributed by atoms with Gasteiger partial charge in [-0.3, -0.25) is 0 Å². The van der Waals surface area contributed by atoms with Gasteiger partial charge < -0.3 is 14.9 Å². The van der Waals surface area contributed by atoms with Gasteiger partial charge in [-0.1, -0.05) is 127 Å². The molecule has 0 amide bonds. The molecular weight excluding hydrogens is 743 g/mol. The molecule has 0 unspecified atom stereocenters. The molecule has 0 saturated carbocycles. The van der Waals surface area contributed by atoms with Crippen LogP contribution in [0.4, 0.5) is 0 Å². The number of benzene rings is 4. The maximum atomic E-state index is 2.54. The van der Waals surface area contributed by atoms with Crippen LogP contribution in [0.15, 0.2) is 109 Å². The van der Waals surface area contributed by atoms with Crippen LogP contribution in [0.25, 0.3) is 43.8 Å². The van der Waals surface area contributed by atoms with Crippen LogP contribution in [0.5, 0.6) is 0 Å². The molecule has 0 bridgehead atoms. The number of hydrogen-bond acceptors (Lipinski definition) is 0. The van der Waals surface area contributed by atoms with E-state index in [0.717, 1.165) is 12.8 Å². The minimum Gasteiger partial charge on any atom is -0.358 e. The molecule has 248 valence electrons. The molecule has 0 atom stereocenters. The number of fused-ring (bicyclic) bond motifs is 2. The molecule has 0 aliphatic carbocycles. The van der Waals surface area contributed by atoms with E-state index >= 15 is 0 Å². The predicted molar refractivity (Wildman–Crippen MR) is 211 cm³/mol. The fourth-order valence-electron chi connectivity index (χ4n) is 7.77. The first-order valence-electron chi connectivity index (χ1n) is 17.2. The largest absolute Gasteiger partial charge is 4.00 e. The molecule has 0 aromatic heterocycles. The first-order valence-corrected chi connectivity index (χ1v) is 17.2. The Labute approximate surface area is 311 Å². The fraction of sp³-hybridized carbons (Fsp3) is 0.319. The second-order valence-corrected chi connectivity index (χ2v) is 14.9. The molecule has 1 heteroatoms. The molecule has 48 heavy (non-hydrogen) atoms. The zero-order valence-corrected chi connectivity index (χ0v) is 34.7. The molecule has 0 spiro atoms. The summed E-state index contributed by atoms with van der Waals surface area (Å²) in [5, 5.41) is 5.42. The monoisotopic (exact) mass is 800 g/mol. The van der Waals surface area contributed by atoms with Crippen LogP contribution in [0.1, 0.15) is 102 Å². The van der Waals surface area contributed by atoms with Gasteiger partial charge in [0.2, 0.25) is 0 Å². The van der Waals surface area contributed by atoms with Gasteiger partial charge in [-0.15, -0.1) is 69.1 Å². The average molecular weight is 799 g/mol. The Balaban J connectivity index is 0.00000208. The van der Waals surface area contributed by atoms with Crippen molar-refractivity contribution in [1.82, 2.24) is 0 Å². The van der Waals surface area contributed by atoms with Crippen molar-refractivity contribution in [2.24, 2.45) is 11.8 Å². The summed E-state index contributed by atoms with van der Waals surface area (Å²) < 4.78 is 0. The molecule has 0 aliphatic heterocycles. The standard InChI is InChI=1S/C45H50.2CH3.Hf/c1-29(2)27-45(28-30(3)4,39-23-37-17-11-19-41(43(37)25-39)35-15-9-13-33(21-35)31(5)6)40-24-38-18-12-20-42(44(38)26-40)36-16-10-14-34(22-36)32(7)8;;;/h9-26,29-32H,27-28H2,1-8H3;2*1H3;/q-2;2*-1;+4. The Hall–Kier alpha value is -3.03. The van der Waals surface area contributed by atoms with Crippen molar-refractivity contribution in [3.05, 3.63) is 146 Å². The van der Waals surface area contributed by atoms with E-state index in [1.165, 1.54) is 66.1 Å². The summed E-state index contributed by atoms with van der Waals surface area (Å²) in [5.41, 5.74) is 10.9. The fourth-order valence-corrected chi connectivity index (χ4v) is 7.77. The molecule has 0 heterocycles. The maximum Gasteiger partial charge on any atom is 4.00 e. The van der Waals surface area contributed by atoms with E-state index in [1.807, 2.05) is 0 Å². The van der Waals surface area contributed by atoms with Crippen LogP contribution in [0.2, 0.25) is 0 Å². The Bertz CT molecular complexity index is 1780. The van der Waals surface area contributed by atoms with E-state index in [2.05, 4.69) is 165 Å².